The van der Waals surface area contributed by atoms with Gasteiger partial charge in [0.25, 0.3) is 0 Å². The first kappa shape index (κ1) is 11.4. The summed E-state index contributed by atoms with van der Waals surface area (Å²) < 4.78 is 5.33. The van der Waals surface area contributed by atoms with Gasteiger partial charge in [-0.25, -0.2) is 4.98 Å². The number of carbonyl (C=O) groups is 1. The Bertz CT molecular complexity index is 316. The zero-order valence-corrected chi connectivity index (χ0v) is 9.27. The molecule has 1 rings (SSSR count). The predicted octanol–water partition coefficient (Wildman–Crippen LogP) is 1.75. The number of thiazole rings is 1. The van der Waals surface area contributed by atoms with Crippen LogP contribution in [0.4, 0.5) is 0 Å². The summed E-state index contributed by atoms with van der Waals surface area (Å²) in [5.74, 6) is -0.314. The first-order valence-corrected chi connectivity index (χ1v) is 5.35. The third-order valence-corrected chi connectivity index (χ3v) is 2.75. The minimum atomic E-state index is -0.424. The first-order chi connectivity index (χ1) is 6.63. The summed E-state index contributed by atoms with van der Waals surface area (Å²) in [6, 6.07) is -0.424. The number of halogens is 1. The van der Waals surface area contributed by atoms with Crippen LogP contribution >= 0.6 is 22.9 Å². The van der Waals surface area contributed by atoms with E-state index in [2.05, 4.69) is 4.98 Å². The van der Waals surface area contributed by atoms with Gasteiger partial charge in [0.1, 0.15) is 9.34 Å². The van der Waals surface area contributed by atoms with E-state index in [0.29, 0.717) is 16.0 Å². The highest BCUT2D eigenvalue weighted by atomic mass is 35.5. The number of rotatable bonds is 4. The Kier molecular flexibility index (Phi) is 4.31. The van der Waals surface area contributed by atoms with Crippen LogP contribution in [0.1, 0.15) is 24.4 Å². The van der Waals surface area contributed by atoms with Crippen molar-refractivity contribution in [1.82, 2.24) is 4.98 Å². The van der Waals surface area contributed by atoms with E-state index in [9.17, 15) is 4.79 Å². The van der Waals surface area contributed by atoms with E-state index < -0.39 is 6.04 Å². The molecule has 0 saturated heterocycles. The van der Waals surface area contributed by atoms with Crippen LogP contribution in [0, 0.1) is 0 Å². The predicted molar refractivity (Wildman–Crippen MR) is 55.3 cm³/mol. The van der Waals surface area contributed by atoms with E-state index >= 15 is 0 Å². The number of hydrogen-bond donors (Lipinski definition) is 1. The molecular formula is C8H11ClN2O2S. The van der Waals surface area contributed by atoms with Crippen LogP contribution < -0.4 is 5.73 Å². The van der Waals surface area contributed by atoms with E-state index in [-0.39, 0.29) is 12.4 Å². The average molecular weight is 235 g/mol. The highest BCUT2D eigenvalue weighted by molar-refractivity contribution is 7.15. The standard InChI is InChI=1S/C8H11ClN2O2S/c1-2-13-7(12)3-5(10)8-11-4-6(9)14-8/h4-5H,2-3,10H2,1H3/t5-/m0/s1. The molecule has 0 aliphatic rings. The number of esters is 1. The van der Waals surface area contributed by atoms with E-state index in [1.807, 2.05) is 0 Å². The van der Waals surface area contributed by atoms with Crippen LogP contribution in [-0.4, -0.2) is 17.6 Å². The summed E-state index contributed by atoms with van der Waals surface area (Å²) >= 11 is 6.96. The molecule has 1 aromatic rings. The third-order valence-electron chi connectivity index (χ3n) is 1.50. The van der Waals surface area contributed by atoms with Crippen LogP contribution in [0.25, 0.3) is 0 Å². The van der Waals surface area contributed by atoms with E-state index in [4.69, 9.17) is 22.1 Å². The van der Waals surface area contributed by atoms with Crippen molar-refractivity contribution in [2.24, 2.45) is 5.73 Å². The summed E-state index contributed by atoms with van der Waals surface area (Å²) in [6.45, 7) is 2.12. The van der Waals surface area contributed by atoms with Gasteiger partial charge in [-0.2, -0.15) is 0 Å². The van der Waals surface area contributed by atoms with Gasteiger partial charge in [-0.3, -0.25) is 4.79 Å². The maximum absolute atomic E-state index is 11.1. The maximum Gasteiger partial charge on any atom is 0.307 e. The molecule has 0 fully saturated rings. The van der Waals surface area contributed by atoms with Crippen molar-refractivity contribution in [2.75, 3.05) is 6.61 Å². The highest BCUT2D eigenvalue weighted by Crippen LogP contribution is 2.24. The minimum Gasteiger partial charge on any atom is -0.466 e. The normalized spacial score (nSPS) is 12.5. The van der Waals surface area contributed by atoms with Gasteiger partial charge in [-0.05, 0) is 6.92 Å². The molecular weight excluding hydrogens is 224 g/mol. The molecule has 0 amide bonds. The van der Waals surface area contributed by atoms with Gasteiger partial charge in [0.15, 0.2) is 0 Å². The lowest BCUT2D eigenvalue weighted by Crippen LogP contribution is -2.16. The van der Waals surface area contributed by atoms with Crippen LogP contribution in [0.3, 0.4) is 0 Å². The van der Waals surface area contributed by atoms with Crippen LogP contribution in [-0.2, 0) is 9.53 Å². The Labute approximate surface area is 91.0 Å². The zero-order chi connectivity index (χ0) is 10.6. The van der Waals surface area contributed by atoms with Gasteiger partial charge in [0, 0.05) is 0 Å². The molecule has 0 radical (unpaired) electrons. The molecule has 6 heteroatoms. The molecule has 78 valence electrons. The molecule has 0 bridgehead atoms. The number of ether oxygens (including phenoxy) is 1. The molecule has 2 N–H and O–H groups in total. The molecule has 1 aromatic heterocycles. The van der Waals surface area contributed by atoms with Crippen molar-refractivity contribution >= 4 is 28.9 Å². The second kappa shape index (κ2) is 5.29. The average Bonchev–Trinajstić information content (AvgIpc) is 2.52. The lowest BCUT2D eigenvalue weighted by Gasteiger charge is -2.06. The second-order valence-electron chi connectivity index (χ2n) is 2.62. The Morgan fingerprint density at radius 1 is 1.86 bits per heavy atom. The fraction of sp³-hybridized carbons (Fsp3) is 0.500. The molecule has 0 aromatic carbocycles. The Morgan fingerprint density at radius 3 is 3.07 bits per heavy atom. The molecule has 0 aliphatic heterocycles. The van der Waals surface area contributed by atoms with Gasteiger partial charge in [-0.15, -0.1) is 11.3 Å². The number of hydrogen-bond acceptors (Lipinski definition) is 5. The van der Waals surface area contributed by atoms with Gasteiger partial charge >= 0.3 is 5.97 Å². The smallest absolute Gasteiger partial charge is 0.307 e. The summed E-state index contributed by atoms with van der Waals surface area (Å²) in [5, 5.41) is 0.656. The summed E-state index contributed by atoms with van der Waals surface area (Å²) in [6.07, 6.45) is 1.66. The Balaban J connectivity index is 2.50. The lowest BCUT2D eigenvalue weighted by molar-refractivity contribution is -0.143. The van der Waals surface area contributed by atoms with Crippen molar-refractivity contribution in [3.63, 3.8) is 0 Å². The SMILES string of the molecule is CCOC(=O)C[C@H](N)c1ncc(Cl)s1. The molecule has 0 spiro atoms. The van der Waals surface area contributed by atoms with Crippen molar-refractivity contribution < 1.29 is 9.53 Å². The molecule has 0 aliphatic carbocycles. The van der Waals surface area contributed by atoms with E-state index in [1.54, 1.807) is 6.92 Å². The van der Waals surface area contributed by atoms with Crippen LogP contribution in [0.15, 0.2) is 6.20 Å². The van der Waals surface area contributed by atoms with Gasteiger partial charge in [-0.1, -0.05) is 11.6 Å². The lowest BCUT2D eigenvalue weighted by atomic mass is 10.2. The van der Waals surface area contributed by atoms with Crippen LogP contribution in [0.5, 0.6) is 0 Å². The first-order valence-electron chi connectivity index (χ1n) is 4.16. The van der Waals surface area contributed by atoms with Gasteiger partial charge in [0.05, 0.1) is 25.3 Å². The fourth-order valence-electron chi connectivity index (χ4n) is 0.925. The number of nitrogens with zero attached hydrogens (tertiary/aromatic N) is 1. The van der Waals surface area contributed by atoms with Crippen molar-refractivity contribution in [1.29, 1.82) is 0 Å². The molecule has 0 unspecified atom stereocenters. The topological polar surface area (TPSA) is 65.2 Å². The molecule has 1 atom stereocenters. The number of aromatic nitrogens is 1. The second-order valence-corrected chi connectivity index (χ2v) is 4.31. The fourth-order valence-corrected chi connectivity index (χ4v) is 1.86. The summed E-state index contributed by atoms with van der Waals surface area (Å²) in [5.41, 5.74) is 5.73. The molecule has 14 heavy (non-hydrogen) atoms. The van der Waals surface area contributed by atoms with Gasteiger partial charge in [0.2, 0.25) is 0 Å². The minimum absolute atomic E-state index is 0.137. The van der Waals surface area contributed by atoms with Crippen LogP contribution in [0.2, 0.25) is 4.34 Å². The number of carbonyl (C=O) groups excluding carboxylic acids is 1. The van der Waals surface area contributed by atoms with Crippen molar-refractivity contribution in [2.45, 2.75) is 19.4 Å². The third kappa shape index (κ3) is 3.25. The molecule has 4 nitrogen and oxygen atoms in total. The monoisotopic (exact) mass is 234 g/mol. The molecule has 1 heterocycles. The van der Waals surface area contributed by atoms with Crippen molar-refractivity contribution in [3.05, 3.63) is 15.5 Å². The largest absolute Gasteiger partial charge is 0.466 e. The quantitative estimate of drug-likeness (QED) is 0.807. The summed E-state index contributed by atoms with van der Waals surface area (Å²) in [7, 11) is 0. The van der Waals surface area contributed by atoms with Crippen molar-refractivity contribution in [3.8, 4) is 0 Å². The Hall–Kier alpha value is -0.650. The number of nitrogens with two attached hydrogens (primary N) is 1. The highest BCUT2D eigenvalue weighted by Gasteiger charge is 2.15. The van der Waals surface area contributed by atoms with E-state index in [1.165, 1.54) is 17.5 Å². The zero-order valence-electron chi connectivity index (χ0n) is 7.70. The molecule has 0 saturated carbocycles. The van der Waals surface area contributed by atoms with Gasteiger partial charge < -0.3 is 10.5 Å². The Morgan fingerprint density at radius 2 is 2.57 bits per heavy atom. The maximum atomic E-state index is 11.1. The van der Waals surface area contributed by atoms with E-state index in [0.717, 1.165) is 0 Å². The summed E-state index contributed by atoms with van der Waals surface area (Å²) in [4.78, 5) is 15.1.